The number of likely N-dealkylation sites (tertiary alicyclic amines) is 1. The van der Waals surface area contributed by atoms with Crippen LogP contribution >= 0.6 is 11.8 Å². The molecular formula is C17H27N5O2S. The molecule has 0 radical (unpaired) electrons. The Kier molecular flexibility index (Phi) is 10.9. The Morgan fingerprint density at radius 1 is 1.56 bits per heavy atom. The predicted molar refractivity (Wildman–Crippen MR) is 105 cm³/mol. The van der Waals surface area contributed by atoms with Crippen molar-refractivity contribution in [1.29, 1.82) is 0 Å². The van der Waals surface area contributed by atoms with Gasteiger partial charge >= 0.3 is 0 Å². The number of terminal acetylenes is 1. The van der Waals surface area contributed by atoms with Gasteiger partial charge in [-0.1, -0.05) is 20.4 Å². The van der Waals surface area contributed by atoms with Gasteiger partial charge in [-0.3, -0.25) is 14.7 Å². The first-order valence-corrected chi connectivity index (χ1v) is 9.23. The zero-order valence-corrected chi connectivity index (χ0v) is 16.1. The molecule has 0 aromatic carbocycles. The van der Waals surface area contributed by atoms with E-state index in [9.17, 15) is 9.59 Å². The molecule has 1 aromatic heterocycles. The number of primary amides is 1. The van der Waals surface area contributed by atoms with Crippen molar-refractivity contribution in [3.8, 4) is 12.3 Å². The molecule has 0 bridgehead atoms. The van der Waals surface area contributed by atoms with Crippen LogP contribution in [0.5, 0.6) is 0 Å². The molecule has 25 heavy (non-hydrogen) atoms. The van der Waals surface area contributed by atoms with Crippen molar-refractivity contribution in [3.05, 3.63) is 23.9 Å². The van der Waals surface area contributed by atoms with Crippen LogP contribution in [0.15, 0.2) is 12.7 Å². The molecule has 7 nitrogen and oxygen atoms in total. The van der Waals surface area contributed by atoms with E-state index < -0.39 is 5.91 Å². The van der Waals surface area contributed by atoms with E-state index in [4.69, 9.17) is 12.2 Å². The quantitative estimate of drug-likeness (QED) is 0.556. The summed E-state index contributed by atoms with van der Waals surface area (Å²) in [6.45, 7) is 9.25. The van der Waals surface area contributed by atoms with Gasteiger partial charge in [0.25, 0.3) is 5.91 Å². The highest BCUT2D eigenvalue weighted by Gasteiger charge is 2.23. The van der Waals surface area contributed by atoms with Crippen molar-refractivity contribution < 1.29 is 9.59 Å². The van der Waals surface area contributed by atoms with Gasteiger partial charge in [0, 0.05) is 25.4 Å². The Hall–Kier alpha value is -2.40. The maximum absolute atomic E-state index is 11.1. The molecule has 1 aromatic rings. The van der Waals surface area contributed by atoms with Crippen LogP contribution in [0.1, 0.15) is 36.3 Å². The number of amides is 2. The molecule has 1 saturated heterocycles. The van der Waals surface area contributed by atoms with E-state index in [1.165, 1.54) is 6.08 Å². The summed E-state index contributed by atoms with van der Waals surface area (Å²) in [5.41, 5.74) is 5.60. The molecule has 4 N–H and O–H groups in total. The summed E-state index contributed by atoms with van der Waals surface area (Å²) in [5.74, 6) is 2.12. The fourth-order valence-corrected chi connectivity index (χ4v) is 2.79. The normalized spacial score (nSPS) is 15.0. The number of carbonyl (C=O) groups is 2. The number of nitrogens with two attached hydrogens (primary N) is 1. The Morgan fingerprint density at radius 3 is 2.60 bits per heavy atom. The van der Waals surface area contributed by atoms with Crippen LogP contribution in [0.3, 0.4) is 0 Å². The molecular weight excluding hydrogens is 338 g/mol. The first-order chi connectivity index (χ1) is 12.0. The first kappa shape index (κ1) is 22.6. The maximum Gasteiger partial charge on any atom is 0.255 e. The van der Waals surface area contributed by atoms with Gasteiger partial charge in [-0.2, -0.15) is 16.9 Å². The molecule has 2 heterocycles. The lowest BCUT2D eigenvalue weighted by Gasteiger charge is -2.12. The van der Waals surface area contributed by atoms with Gasteiger partial charge in [-0.05, 0) is 24.7 Å². The lowest BCUT2D eigenvalue weighted by atomic mass is 10.2. The van der Waals surface area contributed by atoms with Crippen LogP contribution in [0, 0.1) is 12.3 Å². The third kappa shape index (κ3) is 6.55. The molecule has 1 aliphatic heterocycles. The van der Waals surface area contributed by atoms with Gasteiger partial charge in [0.15, 0.2) is 5.82 Å². The Bertz CT molecular complexity index is 621. The molecule has 1 atom stereocenters. The van der Waals surface area contributed by atoms with Gasteiger partial charge in [-0.15, -0.1) is 6.42 Å². The number of carbonyl (C=O) groups excluding carboxylic acids is 2. The summed E-state index contributed by atoms with van der Waals surface area (Å²) in [5, 5.41) is 9.58. The van der Waals surface area contributed by atoms with Gasteiger partial charge < -0.3 is 16.0 Å². The van der Waals surface area contributed by atoms with E-state index in [1.54, 1.807) is 7.05 Å². The SMILES string of the molecule is C#Cc1[nH]nc(NC)c1C(N)=O.C=CC(=O)N1CCC(SC)C1.CC. The van der Waals surface area contributed by atoms with E-state index in [1.807, 2.05) is 30.5 Å². The maximum atomic E-state index is 11.1. The number of hydrogen-bond acceptors (Lipinski definition) is 5. The zero-order valence-electron chi connectivity index (χ0n) is 15.3. The molecule has 2 amide bonds. The van der Waals surface area contributed by atoms with Crippen molar-refractivity contribution in [1.82, 2.24) is 15.1 Å². The number of nitrogens with one attached hydrogen (secondary N) is 2. The average molecular weight is 366 g/mol. The molecule has 8 heteroatoms. The standard InChI is InChI=1S/C8H13NOS.C7H8N4O.C2H6/c1-3-8(10)9-5-4-7(6-9)11-2;1-3-4-5(6(8)12)7(9-2)11-10-4;1-2/h3,7H,1,4-6H2,2H3;1H,2H3,(H2,8,12)(H2,9,10,11);1-2H3. The van der Waals surface area contributed by atoms with Crippen molar-refractivity contribution in [2.75, 3.05) is 31.7 Å². The minimum Gasteiger partial charge on any atom is -0.371 e. The summed E-state index contributed by atoms with van der Waals surface area (Å²) in [4.78, 5) is 23.8. The van der Waals surface area contributed by atoms with Crippen LogP contribution in [0.4, 0.5) is 5.82 Å². The summed E-state index contributed by atoms with van der Waals surface area (Å²) < 4.78 is 0. The van der Waals surface area contributed by atoms with Crippen LogP contribution in [-0.4, -0.2) is 58.6 Å². The lowest BCUT2D eigenvalue weighted by Crippen LogP contribution is -2.26. The number of thioether (sulfide) groups is 1. The van der Waals surface area contributed by atoms with Gasteiger partial charge in [0.05, 0.1) is 0 Å². The van der Waals surface area contributed by atoms with Crippen molar-refractivity contribution >= 4 is 29.4 Å². The summed E-state index contributed by atoms with van der Waals surface area (Å²) in [6, 6.07) is 0. The van der Waals surface area contributed by atoms with Crippen LogP contribution in [-0.2, 0) is 4.79 Å². The first-order valence-electron chi connectivity index (χ1n) is 7.95. The number of aromatic amines is 1. The lowest BCUT2D eigenvalue weighted by molar-refractivity contribution is -0.124. The number of hydrogen-bond donors (Lipinski definition) is 3. The molecule has 0 aliphatic carbocycles. The van der Waals surface area contributed by atoms with E-state index >= 15 is 0 Å². The predicted octanol–water partition coefficient (Wildman–Crippen LogP) is 1.69. The highest BCUT2D eigenvalue weighted by molar-refractivity contribution is 7.99. The van der Waals surface area contributed by atoms with Crippen molar-refractivity contribution in [3.63, 3.8) is 0 Å². The molecule has 2 rings (SSSR count). The minimum absolute atomic E-state index is 0.0709. The molecule has 0 saturated carbocycles. The van der Waals surface area contributed by atoms with Gasteiger partial charge in [0.1, 0.15) is 11.3 Å². The fourth-order valence-electron chi connectivity index (χ4n) is 2.12. The third-order valence-electron chi connectivity index (χ3n) is 3.36. The van der Waals surface area contributed by atoms with E-state index in [0.717, 1.165) is 19.5 Å². The Labute approximate surface area is 153 Å². The highest BCUT2D eigenvalue weighted by atomic mass is 32.2. The average Bonchev–Trinajstić information content (AvgIpc) is 3.29. The number of H-pyrrole nitrogens is 1. The Morgan fingerprint density at radius 2 is 2.20 bits per heavy atom. The number of nitrogens with zero attached hydrogens (tertiary/aromatic N) is 2. The van der Waals surface area contributed by atoms with Gasteiger partial charge in [-0.25, -0.2) is 0 Å². The van der Waals surface area contributed by atoms with Crippen LogP contribution in [0.25, 0.3) is 0 Å². The Balaban J connectivity index is 0.000000421. The van der Waals surface area contributed by atoms with Crippen molar-refractivity contribution in [2.45, 2.75) is 25.5 Å². The summed E-state index contributed by atoms with van der Waals surface area (Å²) in [7, 11) is 1.63. The summed E-state index contributed by atoms with van der Waals surface area (Å²) >= 11 is 1.84. The number of anilines is 1. The number of aromatic nitrogens is 2. The minimum atomic E-state index is -0.596. The smallest absolute Gasteiger partial charge is 0.255 e. The summed E-state index contributed by atoms with van der Waals surface area (Å²) in [6.07, 6.45) is 9.71. The second-order valence-corrected chi connectivity index (χ2v) is 5.85. The number of rotatable bonds is 4. The second kappa shape index (κ2) is 12.0. The molecule has 0 spiro atoms. The monoisotopic (exact) mass is 365 g/mol. The largest absolute Gasteiger partial charge is 0.371 e. The fraction of sp³-hybridized carbons (Fsp3) is 0.471. The molecule has 1 aliphatic rings. The third-order valence-corrected chi connectivity index (χ3v) is 4.41. The van der Waals surface area contributed by atoms with E-state index in [0.29, 0.717) is 16.8 Å². The topological polar surface area (TPSA) is 104 Å². The van der Waals surface area contributed by atoms with E-state index in [2.05, 4.69) is 34.3 Å². The second-order valence-electron chi connectivity index (χ2n) is 4.72. The van der Waals surface area contributed by atoms with E-state index in [-0.39, 0.29) is 11.5 Å². The molecule has 1 fully saturated rings. The van der Waals surface area contributed by atoms with Crippen LogP contribution in [0.2, 0.25) is 0 Å². The van der Waals surface area contributed by atoms with Crippen LogP contribution < -0.4 is 11.1 Å². The van der Waals surface area contributed by atoms with Crippen molar-refractivity contribution in [2.24, 2.45) is 5.73 Å². The molecule has 1 unspecified atom stereocenters. The molecule has 138 valence electrons. The van der Waals surface area contributed by atoms with Gasteiger partial charge in [0.2, 0.25) is 5.91 Å². The zero-order chi connectivity index (χ0) is 19.4. The highest BCUT2D eigenvalue weighted by Crippen LogP contribution is 2.19.